The molecule has 1 fully saturated rings. The predicted molar refractivity (Wildman–Crippen MR) is 85.7 cm³/mol. The van der Waals surface area contributed by atoms with Crippen molar-refractivity contribution in [1.82, 2.24) is 14.7 Å². The molecule has 25 heavy (non-hydrogen) atoms. The number of nitrogens with zero attached hydrogens (tertiary/aromatic N) is 4. The van der Waals surface area contributed by atoms with Gasteiger partial charge in [0.05, 0.1) is 36.4 Å². The van der Waals surface area contributed by atoms with E-state index in [4.69, 9.17) is 4.74 Å². The Bertz CT molecular complexity index is 807. The maximum Gasteiger partial charge on any atom is 0.285 e. The molecule has 0 aliphatic carbocycles. The second kappa shape index (κ2) is 6.98. The number of morpholine rings is 1. The first-order chi connectivity index (χ1) is 11.9. The summed E-state index contributed by atoms with van der Waals surface area (Å²) in [7, 11) is 0. The molecule has 1 aromatic heterocycles. The lowest BCUT2D eigenvalue weighted by Gasteiger charge is -2.32. The summed E-state index contributed by atoms with van der Waals surface area (Å²) in [4.78, 5) is 24.5. The lowest BCUT2D eigenvalue weighted by atomic mass is 10.1. The van der Waals surface area contributed by atoms with E-state index in [1.165, 1.54) is 4.90 Å². The largest absolute Gasteiger partial charge is 0.373 e. The predicted octanol–water partition coefficient (Wildman–Crippen LogP) is 1.78. The second-order valence-electron chi connectivity index (χ2n) is 5.90. The summed E-state index contributed by atoms with van der Waals surface area (Å²) in [6.07, 6.45) is 3.33. The van der Waals surface area contributed by atoms with Gasteiger partial charge in [0.15, 0.2) is 0 Å². The molecule has 2 heterocycles. The van der Waals surface area contributed by atoms with Gasteiger partial charge in [0.25, 0.3) is 11.6 Å². The average molecular weight is 348 g/mol. The number of halogens is 1. The van der Waals surface area contributed by atoms with E-state index >= 15 is 0 Å². The van der Waals surface area contributed by atoms with Crippen molar-refractivity contribution in [3.8, 4) is 0 Å². The van der Waals surface area contributed by atoms with Crippen LogP contribution in [-0.4, -0.2) is 51.3 Å². The van der Waals surface area contributed by atoms with Crippen molar-refractivity contribution < 1.29 is 18.8 Å². The Kier molecular flexibility index (Phi) is 4.75. The quantitative estimate of drug-likeness (QED) is 0.620. The molecular weight excluding hydrogens is 331 g/mol. The Morgan fingerprint density at radius 3 is 3.00 bits per heavy atom. The second-order valence-corrected chi connectivity index (χ2v) is 5.90. The number of nitro groups is 1. The Morgan fingerprint density at radius 2 is 2.32 bits per heavy atom. The summed E-state index contributed by atoms with van der Waals surface area (Å²) in [5.74, 6) is -1.26. The van der Waals surface area contributed by atoms with Gasteiger partial charge >= 0.3 is 0 Å². The van der Waals surface area contributed by atoms with E-state index in [1.807, 2.05) is 13.1 Å². The summed E-state index contributed by atoms with van der Waals surface area (Å²) in [6, 6.07) is 2.96. The van der Waals surface area contributed by atoms with Crippen LogP contribution in [0.25, 0.3) is 0 Å². The smallest absolute Gasteiger partial charge is 0.285 e. The molecule has 1 amide bonds. The van der Waals surface area contributed by atoms with Crippen LogP contribution in [0, 0.1) is 22.9 Å². The summed E-state index contributed by atoms with van der Waals surface area (Å²) < 4.78 is 20.6. The van der Waals surface area contributed by atoms with Crippen LogP contribution in [0.1, 0.15) is 15.9 Å². The third kappa shape index (κ3) is 3.82. The Labute approximate surface area is 142 Å². The van der Waals surface area contributed by atoms with Crippen molar-refractivity contribution in [2.75, 3.05) is 19.7 Å². The fraction of sp³-hybridized carbons (Fsp3) is 0.375. The number of nitro benzene ring substituents is 1. The van der Waals surface area contributed by atoms with Crippen LogP contribution < -0.4 is 0 Å². The highest BCUT2D eigenvalue weighted by Gasteiger charge is 2.30. The molecule has 9 heteroatoms. The highest BCUT2D eigenvalue weighted by Crippen LogP contribution is 2.22. The van der Waals surface area contributed by atoms with E-state index in [-0.39, 0.29) is 18.2 Å². The van der Waals surface area contributed by atoms with E-state index in [0.29, 0.717) is 19.7 Å². The minimum Gasteiger partial charge on any atom is -0.373 e. The van der Waals surface area contributed by atoms with E-state index in [1.54, 1.807) is 10.9 Å². The molecule has 132 valence electrons. The number of carbonyl (C=O) groups excluding carboxylic acids is 1. The van der Waals surface area contributed by atoms with Gasteiger partial charge in [-0.3, -0.25) is 19.6 Å². The van der Waals surface area contributed by atoms with Crippen molar-refractivity contribution in [3.05, 3.63) is 57.7 Å². The van der Waals surface area contributed by atoms with Crippen molar-refractivity contribution in [2.45, 2.75) is 19.6 Å². The van der Waals surface area contributed by atoms with Gasteiger partial charge in [-0.25, -0.2) is 4.39 Å². The first-order valence-corrected chi connectivity index (χ1v) is 7.78. The van der Waals surface area contributed by atoms with Crippen LogP contribution in [0.2, 0.25) is 0 Å². The minimum atomic E-state index is -0.753. The molecule has 1 aliphatic rings. The molecule has 2 aromatic rings. The summed E-state index contributed by atoms with van der Waals surface area (Å²) in [6.45, 7) is 3.33. The number of hydrogen-bond donors (Lipinski definition) is 0. The van der Waals surface area contributed by atoms with Gasteiger partial charge in [-0.15, -0.1) is 0 Å². The number of aryl methyl sites for hydroxylation is 1. The molecule has 1 saturated heterocycles. The molecule has 1 aliphatic heterocycles. The zero-order chi connectivity index (χ0) is 18.0. The molecule has 8 nitrogen and oxygen atoms in total. The number of ether oxygens (including phenoxy) is 1. The topological polar surface area (TPSA) is 90.5 Å². The van der Waals surface area contributed by atoms with Gasteiger partial charge in [-0.05, 0) is 24.6 Å². The molecule has 0 saturated carbocycles. The molecular formula is C16H17FN4O4. The lowest BCUT2D eigenvalue weighted by Crippen LogP contribution is -2.47. The van der Waals surface area contributed by atoms with Crippen LogP contribution in [0.4, 0.5) is 10.1 Å². The minimum absolute atomic E-state index is 0.123. The van der Waals surface area contributed by atoms with Gasteiger partial charge in [0.1, 0.15) is 11.4 Å². The monoisotopic (exact) mass is 348 g/mol. The first kappa shape index (κ1) is 17.0. The van der Waals surface area contributed by atoms with E-state index in [2.05, 4.69) is 5.10 Å². The lowest BCUT2D eigenvalue weighted by molar-refractivity contribution is -0.385. The van der Waals surface area contributed by atoms with Crippen molar-refractivity contribution in [3.63, 3.8) is 0 Å². The number of aromatic nitrogens is 2. The SMILES string of the molecule is Cc1cnn(CC2CN(C(=O)c3ccc(F)cc3[N+](=O)[O-])CCO2)c1. The normalized spacial score (nSPS) is 17.5. The Morgan fingerprint density at radius 1 is 1.52 bits per heavy atom. The van der Waals surface area contributed by atoms with Crippen LogP contribution in [0.5, 0.6) is 0 Å². The molecule has 0 radical (unpaired) electrons. The molecule has 0 N–H and O–H groups in total. The zero-order valence-corrected chi connectivity index (χ0v) is 13.6. The standard InChI is InChI=1S/C16H17FN4O4/c1-11-7-18-20(8-11)10-13-9-19(4-5-25-13)16(22)14-3-2-12(17)6-15(14)21(23)24/h2-3,6-8,13H,4-5,9-10H2,1H3. The number of benzene rings is 1. The number of rotatable bonds is 4. The maximum atomic E-state index is 13.3. The van der Waals surface area contributed by atoms with Crippen LogP contribution >= 0.6 is 0 Å². The third-order valence-electron chi connectivity index (χ3n) is 3.97. The van der Waals surface area contributed by atoms with Crippen molar-refractivity contribution in [1.29, 1.82) is 0 Å². The molecule has 0 spiro atoms. The van der Waals surface area contributed by atoms with Gasteiger partial charge in [0, 0.05) is 19.3 Å². The average Bonchev–Trinajstić information content (AvgIpc) is 2.99. The fourth-order valence-corrected chi connectivity index (χ4v) is 2.80. The van der Waals surface area contributed by atoms with Crippen LogP contribution in [0.15, 0.2) is 30.6 Å². The summed E-state index contributed by atoms with van der Waals surface area (Å²) in [5, 5.41) is 15.3. The van der Waals surface area contributed by atoms with Crippen molar-refractivity contribution >= 4 is 11.6 Å². The Hall–Kier alpha value is -2.81. The molecule has 1 aromatic carbocycles. The Balaban J connectivity index is 1.75. The van der Waals surface area contributed by atoms with Crippen LogP contribution in [-0.2, 0) is 11.3 Å². The number of hydrogen-bond acceptors (Lipinski definition) is 5. The molecule has 1 unspecified atom stereocenters. The van der Waals surface area contributed by atoms with Crippen LogP contribution in [0.3, 0.4) is 0 Å². The maximum absolute atomic E-state index is 13.3. The van der Waals surface area contributed by atoms with Gasteiger partial charge < -0.3 is 9.64 Å². The van der Waals surface area contributed by atoms with E-state index in [0.717, 1.165) is 23.8 Å². The first-order valence-electron chi connectivity index (χ1n) is 7.78. The zero-order valence-electron chi connectivity index (χ0n) is 13.6. The summed E-state index contributed by atoms with van der Waals surface area (Å²) >= 11 is 0. The number of carbonyl (C=O) groups is 1. The fourth-order valence-electron chi connectivity index (χ4n) is 2.80. The highest BCUT2D eigenvalue weighted by molar-refractivity contribution is 5.98. The molecule has 0 bridgehead atoms. The molecule has 1 atom stereocenters. The molecule has 3 rings (SSSR count). The van der Waals surface area contributed by atoms with Gasteiger partial charge in [-0.1, -0.05) is 0 Å². The third-order valence-corrected chi connectivity index (χ3v) is 3.97. The van der Waals surface area contributed by atoms with Gasteiger partial charge in [0.2, 0.25) is 0 Å². The summed E-state index contributed by atoms with van der Waals surface area (Å²) in [5.41, 5.74) is 0.364. The number of amides is 1. The highest BCUT2D eigenvalue weighted by atomic mass is 19.1. The van der Waals surface area contributed by atoms with Gasteiger partial charge in [-0.2, -0.15) is 5.10 Å². The van der Waals surface area contributed by atoms with E-state index < -0.39 is 22.3 Å². The van der Waals surface area contributed by atoms with E-state index in [9.17, 15) is 19.3 Å². The van der Waals surface area contributed by atoms with Crippen molar-refractivity contribution in [2.24, 2.45) is 0 Å².